The minimum Gasteiger partial charge on any atom is -0.494 e. The van der Waals surface area contributed by atoms with Crippen molar-refractivity contribution in [2.75, 3.05) is 12.3 Å². The van der Waals surface area contributed by atoms with Crippen molar-refractivity contribution < 1.29 is 4.74 Å². The van der Waals surface area contributed by atoms with Crippen molar-refractivity contribution in [2.24, 2.45) is 5.92 Å². The number of aromatic nitrogens is 1. The normalized spacial score (nSPS) is 14.2. The fraction of sp³-hybridized carbons (Fsp3) is 0.300. The Balaban J connectivity index is 1.92. The number of rotatable bonds is 5. The van der Waals surface area contributed by atoms with E-state index in [1.54, 1.807) is 0 Å². The molecule has 1 fully saturated rings. The highest BCUT2D eigenvalue weighted by atomic mass is 16.5. The fourth-order valence-electron chi connectivity index (χ4n) is 3.31. The van der Waals surface area contributed by atoms with E-state index in [1.807, 2.05) is 37.3 Å². The number of ether oxygens (including phenoxy) is 1. The lowest BCUT2D eigenvalue weighted by atomic mass is 9.90. The van der Waals surface area contributed by atoms with Gasteiger partial charge in [0.05, 0.1) is 12.1 Å². The molecule has 4 heteroatoms. The van der Waals surface area contributed by atoms with E-state index in [9.17, 15) is 0 Å². The lowest BCUT2D eigenvalue weighted by Crippen LogP contribution is -2.09. The van der Waals surface area contributed by atoms with Gasteiger partial charge in [-0.15, -0.1) is 0 Å². The average molecular weight is 316 g/mol. The lowest BCUT2D eigenvalue weighted by molar-refractivity contribution is 0.340. The molecule has 2 radical (unpaired) electrons. The maximum Gasteiger partial charge on any atom is 0.121 e. The van der Waals surface area contributed by atoms with Gasteiger partial charge in [-0.1, -0.05) is 17.6 Å². The summed E-state index contributed by atoms with van der Waals surface area (Å²) in [4.78, 5) is 0. The first-order chi connectivity index (χ1) is 11.7. The molecule has 3 nitrogen and oxygen atoms in total. The van der Waals surface area contributed by atoms with Crippen LogP contribution in [-0.4, -0.2) is 19.0 Å². The second-order valence-corrected chi connectivity index (χ2v) is 6.55. The van der Waals surface area contributed by atoms with Gasteiger partial charge < -0.3 is 15.0 Å². The minimum atomic E-state index is 0.662. The number of benzene rings is 2. The van der Waals surface area contributed by atoms with Gasteiger partial charge in [0.2, 0.25) is 0 Å². The molecule has 4 rings (SSSR count). The van der Waals surface area contributed by atoms with Crippen LogP contribution in [0.5, 0.6) is 5.75 Å². The molecule has 0 atom stereocenters. The maximum absolute atomic E-state index is 6.54. The van der Waals surface area contributed by atoms with Gasteiger partial charge in [-0.3, -0.25) is 0 Å². The number of hydrogen-bond acceptors (Lipinski definition) is 2. The average Bonchev–Trinajstić information content (AvgIpc) is 3.35. The highest BCUT2D eigenvalue weighted by Gasteiger charge is 2.25. The summed E-state index contributed by atoms with van der Waals surface area (Å²) in [7, 11) is 6.54. The summed E-state index contributed by atoms with van der Waals surface area (Å²) in [5, 5.41) is 1.09. The van der Waals surface area contributed by atoms with Crippen LogP contribution in [0.2, 0.25) is 0 Å². The quantitative estimate of drug-likeness (QED) is 0.578. The number of nitrogens with zero attached hydrogens (tertiary/aromatic N) is 1. The van der Waals surface area contributed by atoms with Crippen molar-refractivity contribution in [1.29, 1.82) is 0 Å². The van der Waals surface area contributed by atoms with Crippen LogP contribution in [0.4, 0.5) is 5.69 Å². The molecule has 24 heavy (non-hydrogen) atoms. The second-order valence-electron chi connectivity index (χ2n) is 6.55. The van der Waals surface area contributed by atoms with Gasteiger partial charge >= 0.3 is 0 Å². The molecule has 2 aromatic carbocycles. The molecule has 0 unspecified atom stereocenters. The van der Waals surface area contributed by atoms with Crippen molar-refractivity contribution in [3.05, 3.63) is 42.5 Å². The van der Waals surface area contributed by atoms with E-state index < -0.39 is 0 Å². The molecule has 0 amide bonds. The molecular weight excluding hydrogens is 295 g/mol. The van der Waals surface area contributed by atoms with Crippen LogP contribution in [0.25, 0.3) is 22.2 Å². The molecule has 1 aliphatic carbocycles. The monoisotopic (exact) mass is 316 g/mol. The molecule has 1 aliphatic rings. The van der Waals surface area contributed by atoms with Gasteiger partial charge in [0.1, 0.15) is 13.6 Å². The summed E-state index contributed by atoms with van der Waals surface area (Å²) in [5.41, 5.74) is 10.8. The smallest absolute Gasteiger partial charge is 0.121 e. The van der Waals surface area contributed by atoms with Crippen LogP contribution < -0.4 is 15.9 Å². The zero-order chi connectivity index (χ0) is 16.7. The Morgan fingerprint density at radius 1 is 1.17 bits per heavy atom. The Morgan fingerprint density at radius 2 is 1.92 bits per heavy atom. The number of fused-ring (bicyclic) bond motifs is 1. The molecular formula is C20H21BN2O. The number of nitrogen functional groups attached to an aromatic ring is 1. The first-order valence-corrected chi connectivity index (χ1v) is 8.57. The third-order valence-electron chi connectivity index (χ3n) is 4.71. The van der Waals surface area contributed by atoms with Gasteiger partial charge in [0, 0.05) is 24.0 Å². The van der Waals surface area contributed by atoms with E-state index in [0.29, 0.717) is 6.61 Å². The van der Waals surface area contributed by atoms with Gasteiger partial charge in [-0.25, -0.2) is 0 Å². The van der Waals surface area contributed by atoms with E-state index in [-0.39, 0.29) is 0 Å². The molecule has 1 heterocycles. The predicted molar refractivity (Wildman–Crippen MR) is 101 cm³/mol. The van der Waals surface area contributed by atoms with Crippen molar-refractivity contribution >= 4 is 29.9 Å². The largest absolute Gasteiger partial charge is 0.494 e. The summed E-state index contributed by atoms with van der Waals surface area (Å²) in [6, 6.07) is 14.1. The molecule has 0 saturated heterocycles. The lowest BCUT2D eigenvalue weighted by Gasteiger charge is -2.12. The Morgan fingerprint density at radius 3 is 2.58 bits per heavy atom. The van der Waals surface area contributed by atoms with Crippen LogP contribution in [-0.2, 0) is 6.54 Å². The van der Waals surface area contributed by atoms with Crippen LogP contribution in [0.3, 0.4) is 0 Å². The molecule has 2 N–H and O–H groups in total. The van der Waals surface area contributed by atoms with Crippen LogP contribution in [0.15, 0.2) is 42.5 Å². The molecule has 120 valence electrons. The molecule has 0 bridgehead atoms. The summed E-state index contributed by atoms with van der Waals surface area (Å²) >= 11 is 0. The standard InChI is InChI=1S/C20H21BN2O/c1-2-24-16-9-10-17-18(11-16)23(12-13-3-4-13)20(19(17)21)14-5-7-15(22)8-6-14/h5-11,13H,2-4,12,22H2,1H3. The van der Waals surface area contributed by atoms with E-state index in [2.05, 4.69) is 16.7 Å². The first kappa shape index (κ1) is 15.2. The molecule has 3 aromatic rings. The van der Waals surface area contributed by atoms with Crippen LogP contribution in [0.1, 0.15) is 19.8 Å². The third-order valence-corrected chi connectivity index (χ3v) is 4.71. The Labute approximate surface area is 143 Å². The number of anilines is 1. The molecule has 1 saturated carbocycles. The van der Waals surface area contributed by atoms with Crippen molar-refractivity contribution in [1.82, 2.24) is 4.57 Å². The summed E-state index contributed by atoms with van der Waals surface area (Å²) < 4.78 is 8.05. The second kappa shape index (κ2) is 5.93. The van der Waals surface area contributed by atoms with E-state index in [0.717, 1.165) is 51.5 Å². The zero-order valence-electron chi connectivity index (χ0n) is 14.0. The van der Waals surface area contributed by atoms with Gasteiger partial charge in [0.25, 0.3) is 0 Å². The summed E-state index contributed by atoms with van der Waals surface area (Å²) in [6.45, 7) is 3.67. The first-order valence-electron chi connectivity index (χ1n) is 8.57. The van der Waals surface area contributed by atoms with Crippen LogP contribution in [0, 0.1) is 5.92 Å². The Hall–Kier alpha value is -2.36. The third kappa shape index (κ3) is 2.66. The maximum atomic E-state index is 6.54. The predicted octanol–water partition coefficient (Wildman–Crippen LogP) is 3.49. The molecule has 0 spiro atoms. The SMILES string of the molecule is [B]c1c(-c2ccc(N)cc2)n(CC2CC2)c2cc(OCC)ccc12. The minimum absolute atomic E-state index is 0.662. The number of hydrogen-bond donors (Lipinski definition) is 1. The highest BCUT2D eigenvalue weighted by Crippen LogP contribution is 2.35. The Bertz CT molecular complexity index is 879. The van der Waals surface area contributed by atoms with E-state index in [1.165, 1.54) is 12.8 Å². The van der Waals surface area contributed by atoms with Gasteiger partial charge in [-0.2, -0.15) is 0 Å². The Kier molecular flexibility index (Phi) is 3.75. The van der Waals surface area contributed by atoms with Crippen molar-refractivity contribution in [2.45, 2.75) is 26.3 Å². The van der Waals surface area contributed by atoms with Gasteiger partial charge in [0.15, 0.2) is 0 Å². The highest BCUT2D eigenvalue weighted by molar-refractivity contribution is 6.42. The number of nitrogens with two attached hydrogens (primary N) is 1. The van der Waals surface area contributed by atoms with Gasteiger partial charge in [-0.05, 0) is 60.9 Å². The molecule has 0 aliphatic heterocycles. The van der Waals surface area contributed by atoms with E-state index >= 15 is 0 Å². The van der Waals surface area contributed by atoms with Crippen molar-refractivity contribution in [3.8, 4) is 17.0 Å². The van der Waals surface area contributed by atoms with Crippen molar-refractivity contribution in [3.63, 3.8) is 0 Å². The summed E-state index contributed by atoms with van der Waals surface area (Å²) in [5.74, 6) is 1.65. The topological polar surface area (TPSA) is 40.2 Å². The van der Waals surface area contributed by atoms with E-state index in [4.69, 9.17) is 18.3 Å². The van der Waals surface area contributed by atoms with Crippen LogP contribution >= 0.6 is 0 Å². The zero-order valence-corrected chi connectivity index (χ0v) is 14.0. The molecule has 1 aromatic heterocycles. The fourth-order valence-corrected chi connectivity index (χ4v) is 3.31. The summed E-state index contributed by atoms with van der Waals surface area (Å²) in [6.07, 6.45) is 2.60.